The van der Waals surface area contributed by atoms with Crippen molar-refractivity contribution < 1.29 is 63.3 Å². The number of fused-ring (bicyclic) bond motifs is 4. The number of nitro groups is 1. The van der Waals surface area contributed by atoms with Gasteiger partial charge in [-0.25, -0.2) is 37.9 Å². The van der Waals surface area contributed by atoms with Gasteiger partial charge in [-0.05, 0) is 203 Å². The number of rotatable bonds is 24. The van der Waals surface area contributed by atoms with Crippen molar-refractivity contribution in [2.24, 2.45) is 5.73 Å². The van der Waals surface area contributed by atoms with Gasteiger partial charge in [0.1, 0.15) is 22.8 Å². The number of hydrogen-bond donors (Lipinski definition) is 9. The predicted molar refractivity (Wildman–Crippen MR) is 514 cm³/mol. The number of carboxylic acid groups (broad SMARTS) is 3. The molecule has 133 heavy (non-hydrogen) atoms. The minimum Gasteiger partial charge on any atom is -0.478 e. The van der Waals surface area contributed by atoms with Gasteiger partial charge < -0.3 is 62.2 Å². The number of esters is 1. The molecule has 0 unspecified atom stereocenters. The Hall–Kier alpha value is -15.9. The molecule has 31 nitrogen and oxygen atoms in total. The lowest BCUT2D eigenvalue weighted by Crippen LogP contribution is -2.46. The van der Waals surface area contributed by atoms with Crippen LogP contribution in [0.25, 0.3) is 111 Å². The summed E-state index contributed by atoms with van der Waals surface area (Å²) in [5.74, 6) is -3.54. The molecule has 0 saturated carbocycles. The highest BCUT2D eigenvalue weighted by Gasteiger charge is 2.25. The number of para-hydroxylation sites is 3. The Labute approximate surface area is 774 Å². The van der Waals surface area contributed by atoms with Crippen LogP contribution in [0, 0.1) is 10.1 Å². The number of aromatic carboxylic acids is 3. The van der Waals surface area contributed by atoms with Gasteiger partial charge in [0.05, 0.1) is 79.1 Å². The van der Waals surface area contributed by atoms with Gasteiger partial charge in [0.25, 0.3) is 29.3 Å². The van der Waals surface area contributed by atoms with E-state index in [1.54, 1.807) is 129 Å². The van der Waals surface area contributed by atoms with Crippen LogP contribution in [0.5, 0.6) is 0 Å². The average molecular weight is 1830 g/mol. The van der Waals surface area contributed by atoms with Crippen LogP contribution in [0.2, 0.25) is 0 Å². The third kappa shape index (κ3) is 21.8. The molecular formula is C100H93Cl2N17O14. The van der Waals surface area contributed by atoms with Crippen molar-refractivity contribution in [1.82, 2.24) is 75.5 Å². The molecule has 0 spiro atoms. The number of nitrogens with two attached hydrogens (primary N) is 1. The molecule has 18 rings (SSSR count). The number of amides is 4. The first-order chi connectivity index (χ1) is 63.7. The van der Waals surface area contributed by atoms with E-state index in [-0.39, 0.29) is 70.8 Å². The second-order valence-corrected chi connectivity index (χ2v) is 30.7. The number of hydrogen-bond acceptors (Lipinski definition) is 19. The van der Waals surface area contributed by atoms with Gasteiger partial charge in [-0.1, -0.05) is 103 Å². The largest absolute Gasteiger partial charge is 0.478 e. The third-order valence-corrected chi connectivity index (χ3v) is 22.3. The Bertz CT molecular complexity index is 6770. The Morgan fingerprint density at radius 2 is 0.677 bits per heavy atom. The Morgan fingerprint density at radius 3 is 0.992 bits per heavy atom. The number of carbonyl (C=O) groups excluding carboxylic acids is 5. The van der Waals surface area contributed by atoms with Crippen LogP contribution in [-0.4, -0.2) is 209 Å². The quantitative estimate of drug-likeness (QED) is 0.0117. The molecule has 12 aromatic carbocycles. The van der Waals surface area contributed by atoms with Gasteiger partial charge in [-0.3, -0.25) is 29.3 Å². The van der Waals surface area contributed by atoms with E-state index >= 15 is 0 Å². The molecule has 0 atom stereocenters. The molecule has 4 aromatic heterocycles. The fraction of sp³-hybridized carbons (Fsp3) is 0.160. The van der Waals surface area contributed by atoms with Crippen LogP contribution < -0.4 is 32.3 Å². The molecule has 0 bridgehead atoms. The van der Waals surface area contributed by atoms with E-state index in [2.05, 4.69) is 37.7 Å². The van der Waals surface area contributed by atoms with Crippen LogP contribution in [0.1, 0.15) is 95.7 Å². The van der Waals surface area contributed by atoms with Crippen molar-refractivity contribution in [2.75, 3.05) is 92.7 Å². The number of nitro benzene ring substituents is 1. The Balaban J connectivity index is 0.000000150. The van der Waals surface area contributed by atoms with Crippen molar-refractivity contribution in [3.63, 3.8) is 0 Å². The van der Waals surface area contributed by atoms with E-state index in [1.165, 1.54) is 31.4 Å². The van der Waals surface area contributed by atoms with Crippen LogP contribution in [0.4, 0.5) is 5.69 Å². The number of ether oxygens (including phenoxy) is 1. The van der Waals surface area contributed by atoms with E-state index in [9.17, 15) is 48.5 Å². The summed E-state index contributed by atoms with van der Waals surface area (Å²) in [7, 11) is 3.18. The molecule has 676 valence electrons. The summed E-state index contributed by atoms with van der Waals surface area (Å²) in [4.78, 5) is 110. The van der Waals surface area contributed by atoms with Crippen LogP contribution in [0.15, 0.2) is 285 Å². The number of halogens is 2. The lowest BCUT2D eigenvalue weighted by atomic mass is 10.1. The molecule has 0 radical (unpaired) electrons. The van der Waals surface area contributed by atoms with E-state index in [0.29, 0.717) is 75.3 Å². The number of methoxy groups -OCH3 is 1. The number of nitrogens with zero attached hydrogens (tertiary/aromatic N) is 11. The summed E-state index contributed by atoms with van der Waals surface area (Å²) in [5.41, 5.74) is 21.7. The summed E-state index contributed by atoms with van der Waals surface area (Å²) >= 11 is 0. The highest BCUT2D eigenvalue weighted by Crippen LogP contribution is 2.37. The zero-order valence-corrected chi connectivity index (χ0v) is 73.8. The molecule has 33 heteroatoms. The molecule has 2 saturated heterocycles. The number of nitrogens with one attached hydrogen (secondary N) is 5. The molecule has 10 N–H and O–H groups in total. The maximum Gasteiger partial charge on any atom is 0.337 e. The van der Waals surface area contributed by atoms with Gasteiger partial charge in [0.15, 0.2) is 0 Å². The second kappa shape index (κ2) is 43.9. The Morgan fingerprint density at radius 1 is 0.383 bits per heavy atom. The summed E-state index contributed by atoms with van der Waals surface area (Å²) in [6, 6.07) is 84.3. The molecule has 6 heterocycles. The van der Waals surface area contributed by atoms with Gasteiger partial charge in [0.2, 0.25) is 0 Å². The third-order valence-electron chi connectivity index (χ3n) is 22.3. The van der Waals surface area contributed by atoms with Gasteiger partial charge in [-0.2, -0.15) is 20.4 Å². The smallest absolute Gasteiger partial charge is 0.337 e. The first-order valence-corrected chi connectivity index (χ1v) is 42.4. The van der Waals surface area contributed by atoms with E-state index in [1.807, 2.05) is 161 Å². The number of piperazine rings is 2. The standard InChI is InChI=1S/C29H30N6O2.C25H24N4O3.C24H22N4O3.C22H15N3O6.2ClH/c36-28(33-17-13-30-14-18-33)22-7-5-21(6-8-22)27-25-3-1-2-4-26(25)35(32-27)24-11-9-23(10-12-24)29(37)34-19-15-31-16-20-34;1-26-15-4-16-27-24(30)18-9-7-17(8-10-18)23-21-5-2-3-6-22(21)29(28-23)20-13-11-19(12-14-20)25(31)32;25-14-3-15-26-23(29)17-8-6-16(7-9-17)22-20-4-1-2-5-21(20)28(27-22)19-12-10-18(11-13-19)24(30)31;1-31-22(28)15-4-2-13(3-5-15)20-18-12-17(25(29)30)10-11-19(18)24(23-20)16-8-6-14(7-9-16)21(26)27;;/h1-12,30-31H,13-20H2;2-3,5-14,26H,4,15-16H2,1H3,(H,27,30)(H,31,32);1-2,4-13H,3,14-15,25H2,(H,26,29)(H,30,31);2-12H,1H3,(H,26,27);2*1H. The molecule has 4 amide bonds. The van der Waals surface area contributed by atoms with Crippen LogP contribution in [0.3, 0.4) is 0 Å². The lowest BCUT2D eigenvalue weighted by Gasteiger charge is -2.27. The predicted octanol–water partition coefficient (Wildman–Crippen LogP) is 14.9. The maximum atomic E-state index is 12.9. The minimum atomic E-state index is -1.04. The number of non-ortho nitro benzene ring substituents is 1. The zero-order valence-electron chi connectivity index (χ0n) is 72.2. The molecule has 16 aromatic rings. The normalized spacial score (nSPS) is 12.2. The fourth-order valence-corrected chi connectivity index (χ4v) is 15.3. The van der Waals surface area contributed by atoms with Crippen LogP contribution >= 0.6 is 24.8 Å². The first-order valence-electron chi connectivity index (χ1n) is 42.4. The summed E-state index contributed by atoms with van der Waals surface area (Å²) < 4.78 is 11.8. The van der Waals surface area contributed by atoms with Gasteiger partial charge in [0, 0.05) is 144 Å². The highest BCUT2D eigenvalue weighted by atomic mass is 35.5. The van der Waals surface area contributed by atoms with Crippen molar-refractivity contribution in [3.8, 4) is 67.8 Å². The number of benzene rings is 12. The van der Waals surface area contributed by atoms with Crippen molar-refractivity contribution >= 4 is 122 Å². The maximum absolute atomic E-state index is 12.9. The van der Waals surface area contributed by atoms with E-state index < -0.39 is 28.8 Å². The summed E-state index contributed by atoms with van der Waals surface area (Å²) in [6.07, 6.45) is 1.61. The molecule has 2 aliphatic heterocycles. The number of aromatic nitrogens is 8. The number of carbonyl (C=O) groups is 8. The molecular weight excluding hydrogens is 1730 g/mol. The fourth-order valence-electron chi connectivity index (χ4n) is 15.3. The van der Waals surface area contributed by atoms with Gasteiger partial charge in [-0.15, -0.1) is 24.8 Å². The monoisotopic (exact) mass is 1830 g/mol. The van der Waals surface area contributed by atoms with Crippen molar-refractivity contribution in [1.29, 1.82) is 0 Å². The van der Waals surface area contributed by atoms with Gasteiger partial charge >= 0.3 is 23.9 Å². The van der Waals surface area contributed by atoms with E-state index in [4.69, 9.17) is 41.1 Å². The molecule has 2 aliphatic rings. The first kappa shape index (κ1) is 94.7. The minimum absolute atomic E-state index is 0. The van der Waals surface area contributed by atoms with Crippen LogP contribution in [-0.2, 0) is 4.74 Å². The molecule has 0 aliphatic carbocycles. The Kier molecular flexibility index (Phi) is 31.3. The molecule has 2 fully saturated rings. The second-order valence-electron chi connectivity index (χ2n) is 30.7. The van der Waals surface area contributed by atoms with Crippen molar-refractivity contribution in [2.45, 2.75) is 12.8 Å². The topological polar surface area (TPSA) is 414 Å². The SMILES string of the molecule is CNCCCNC(=O)c1ccc(-c2nn(-c3ccc(C(=O)O)cc3)c3ccccc23)cc1.COC(=O)c1ccc(-c2nn(-c3ccc(C(=O)O)cc3)c3ccc([N+](=O)[O-])cc23)cc1.Cl.Cl.NCCCNC(=O)c1ccc(-c2nn(-c3ccc(C(=O)O)cc3)c3ccccc23)cc1.O=C(c1ccc(-c2nn(-c3ccc(C(=O)N4CCNCC4)cc3)c3ccccc23)cc1)N1CCNCC1. The number of carboxylic acids is 3. The van der Waals surface area contributed by atoms with E-state index in [0.717, 1.165) is 155 Å². The lowest BCUT2D eigenvalue weighted by molar-refractivity contribution is -0.384. The highest BCUT2D eigenvalue weighted by molar-refractivity contribution is 6.03. The summed E-state index contributed by atoms with van der Waals surface area (Å²) in [6.45, 7) is 8.81. The average Bonchev–Trinajstić information content (AvgIpc) is 1.82. The summed E-state index contributed by atoms with van der Waals surface area (Å²) in [5, 5.41) is 76.8. The zero-order chi connectivity index (χ0) is 91.6. The van der Waals surface area contributed by atoms with Crippen molar-refractivity contribution in [3.05, 3.63) is 340 Å².